The predicted octanol–water partition coefficient (Wildman–Crippen LogP) is 11.9. The summed E-state index contributed by atoms with van der Waals surface area (Å²) in [5.41, 5.74) is 15.9. The highest BCUT2D eigenvalue weighted by atomic mass is 79.9. The summed E-state index contributed by atoms with van der Waals surface area (Å²) in [5.74, 6) is 0. The zero-order valence-corrected chi connectivity index (χ0v) is 26.1. The lowest BCUT2D eigenvalue weighted by molar-refractivity contribution is 0.793. The summed E-state index contributed by atoms with van der Waals surface area (Å²) in [7, 11) is 0. The minimum absolute atomic E-state index is 0.440. The van der Waals surface area contributed by atoms with Crippen molar-refractivity contribution in [2.24, 2.45) is 0 Å². The molecule has 0 fully saturated rings. The van der Waals surface area contributed by atoms with Gasteiger partial charge in [0.25, 0.3) is 0 Å². The third-order valence-corrected chi connectivity index (χ3v) is 10.0. The first kappa shape index (κ1) is 26.2. The molecule has 0 bridgehead atoms. The first-order chi connectivity index (χ1) is 22.2. The van der Waals surface area contributed by atoms with Crippen molar-refractivity contribution < 1.29 is 0 Å². The lowest BCUT2D eigenvalue weighted by Crippen LogP contribution is -2.26. The van der Waals surface area contributed by atoms with Crippen LogP contribution in [0.15, 0.2) is 174 Å². The molecule has 0 aliphatic heterocycles. The summed E-state index contributed by atoms with van der Waals surface area (Å²) in [4.78, 5) is 2.42. The molecule has 2 aliphatic carbocycles. The second kappa shape index (κ2) is 10.2. The van der Waals surface area contributed by atoms with Gasteiger partial charge >= 0.3 is 0 Å². The summed E-state index contributed by atoms with van der Waals surface area (Å²) in [5, 5.41) is 0. The van der Waals surface area contributed by atoms with Gasteiger partial charge in [-0.2, -0.15) is 0 Å². The monoisotopic (exact) mass is 637 g/mol. The highest BCUT2D eigenvalue weighted by Gasteiger charge is 2.52. The molecule has 1 nitrogen and oxygen atoms in total. The molecule has 7 aromatic carbocycles. The number of halogens is 1. The lowest BCUT2D eigenvalue weighted by atomic mass is 9.70. The van der Waals surface area contributed by atoms with Gasteiger partial charge in [-0.15, -0.1) is 0 Å². The Morgan fingerprint density at radius 3 is 1.49 bits per heavy atom. The van der Waals surface area contributed by atoms with E-state index in [0.29, 0.717) is 0 Å². The number of hydrogen-bond donors (Lipinski definition) is 0. The zero-order valence-electron chi connectivity index (χ0n) is 24.5. The number of nitrogens with zero attached hydrogens (tertiary/aromatic N) is 1. The van der Waals surface area contributed by atoms with E-state index in [0.717, 1.165) is 21.5 Å². The molecule has 1 unspecified atom stereocenters. The number of fused-ring (bicyclic) bond motifs is 10. The molecule has 0 radical (unpaired) electrons. The molecule has 7 aromatic rings. The fraction of sp³-hybridized carbons (Fsp3) is 0.0233. The standard InChI is InChI=1S/C43H28BrN/c44-30-24-25-35-33-20-10-12-22-38(33)43(40(35)26-30)39-23-13-11-21-34(39)37-27-36(29-14-4-1-5-15-29)42(28-41(37)43)45(31-16-6-2-7-17-31)32-18-8-3-9-19-32/h1-28H. The predicted molar refractivity (Wildman–Crippen MR) is 191 cm³/mol. The van der Waals surface area contributed by atoms with Crippen LogP contribution in [0, 0.1) is 0 Å². The first-order valence-corrected chi connectivity index (χ1v) is 16.2. The van der Waals surface area contributed by atoms with Crippen molar-refractivity contribution in [1.29, 1.82) is 0 Å². The summed E-state index contributed by atoms with van der Waals surface area (Å²) < 4.78 is 1.09. The molecule has 1 spiro atoms. The first-order valence-electron chi connectivity index (χ1n) is 15.4. The third-order valence-electron chi connectivity index (χ3n) is 9.52. The quantitative estimate of drug-likeness (QED) is 0.185. The molecule has 0 saturated carbocycles. The number of hydrogen-bond acceptors (Lipinski definition) is 1. The second-order valence-electron chi connectivity index (χ2n) is 11.8. The van der Waals surface area contributed by atoms with Crippen LogP contribution in [-0.2, 0) is 5.41 Å². The van der Waals surface area contributed by atoms with Crippen LogP contribution < -0.4 is 4.90 Å². The second-order valence-corrected chi connectivity index (χ2v) is 12.7. The summed E-state index contributed by atoms with van der Waals surface area (Å²) in [6.45, 7) is 0. The van der Waals surface area contributed by atoms with Crippen molar-refractivity contribution in [3.63, 3.8) is 0 Å². The molecule has 2 aliphatic rings. The summed E-state index contributed by atoms with van der Waals surface area (Å²) >= 11 is 3.85. The van der Waals surface area contributed by atoms with E-state index in [1.54, 1.807) is 0 Å². The van der Waals surface area contributed by atoms with Crippen molar-refractivity contribution in [3.8, 4) is 33.4 Å². The summed E-state index contributed by atoms with van der Waals surface area (Å²) in [6, 6.07) is 62.1. The molecular weight excluding hydrogens is 610 g/mol. The zero-order chi connectivity index (χ0) is 30.0. The van der Waals surface area contributed by atoms with Crippen LogP contribution in [0.25, 0.3) is 33.4 Å². The van der Waals surface area contributed by atoms with E-state index < -0.39 is 5.41 Å². The fourth-order valence-electron chi connectivity index (χ4n) is 7.76. The summed E-state index contributed by atoms with van der Waals surface area (Å²) in [6.07, 6.45) is 0. The molecule has 212 valence electrons. The molecule has 0 aromatic heterocycles. The number of para-hydroxylation sites is 2. The van der Waals surface area contributed by atoms with E-state index in [9.17, 15) is 0 Å². The van der Waals surface area contributed by atoms with E-state index in [1.165, 1.54) is 55.6 Å². The molecule has 2 heteroatoms. The molecular formula is C43H28BrN. The van der Waals surface area contributed by atoms with Crippen molar-refractivity contribution >= 4 is 33.0 Å². The molecule has 9 rings (SSSR count). The maximum atomic E-state index is 3.85. The van der Waals surface area contributed by atoms with E-state index in [1.807, 2.05) is 0 Å². The van der Waals surface area contributed by atoms with Crippen molar-refractivity contribution in [2.45, 2.75) is 5.41 Å². The number of anilines is 3. The average molecular weight is 639 g/mol. The third kappa shape index (κ3) is 3.79. The Kier molecular flexibility index (Phi) is 5.94. The largest absolute Gasteiger partial charge is 0.310 e. The van der Waals surface area contributed by atoms with E-state index in [2.05, 4.69) is 191 Å². The van der Waals surface area contributed by atoms with E-state index >= 15 is 0 Å². The maximum absolute atomic E-state index is 3.85. The Bertz CT molecular complexity index is 2180. The Hall–Kier alpha value is -5.18. The van der Waals surface area contributed by atoms with Gasteiger partial charge < -0.3 is 4.90 Å². The average Bonchev–Trinajstić information content (AvgIpc) is 3.56. The molecule has 0 amide bonds. The normalized spacial score (nSPS) is 15.3. The smallest absolute Gasteiger partial charge is 0.0726 e. The minimum Gasteiger partial charge on any atom is -0.310 e. The molecule has 0 N–H and O–H groups in total. The van der Waals surface area contributed by atoms with Gasteiger partial charge in [-0.25, -0.2) is 0 Å². The molecule has 45 heavy (non-hydrogen) atoms. The van der Waals surface area contributed by atoms with Crippen LogP contribution in [0.3, 0.4) is 0 Å². The Morgan fingerprint density at radius 2 is 0.867 bits per heavy atom. The maximum Gasteiger partial charge on any atom is 0.0726 e. The molecule has 0 saturated heterocycles. The van der Waals surface area contributed by atoms with Gasteiger partial charge in [0.05, 0.1) is 11.1 Å². The van der Waals surface area contributed by atoms with Gasteiger partial charge in [0.15, 0.2) is 0 Å². The van der Waals surface area contributed by atoms with Gasteiger partial charge in [-0.1, -0.05) is 137 Å². The van der Waals surface area contributed by atoms with Crippen LogP contribution in [-0.4, -0.2) is 0 Å². The minimum atomic E-state index is -0.440. The Morgan fingerprint density at radius 1 is 0.378 bits per heavy atom. The SMILES string of the molecule is Brc1ccc2c(c1)C1(c3ccccc3-2)c2ccccc2-c2cc(-c3ccccc3)c(N(c3ccccc3)c3ccccc3)cc21. The topological polar surface area (TPSA) is 3.24 Å². The molecule has 0 heterocycles. The number of rotatable bonds is 4. The van der Waals surface area contributed by atoms with Gasteiger partial charge in [0, 0.05) is 21.4 Å². The van der Waals surface area contributed by atoms with Crippen molar-refractivity contribution in [1.82, 2.24) is 0 Å². The van der Waals surface area contributed by atoms with E-state index in [-0.39, 0.29) is 0 Å². The highest BCUT2D eigenvalue weighted by molar-refractivity contribution is 9.10. The van der Waals surface area contributed by atoms with Crippen LogP contribution in [0.5, 0.6) is 0 Å². The van der Waals surface area contributed by atoms with Gasteiger partial charge in [-0.3, -0.25) is 0 Å². The van der Waals surface area contributed by atoms with Crippen LogP contribution >= 0.6 is 15.9 Å². The van der Waals surface area contributed by atoms with Gasteiger partial charge in [0.2, 0.25) is 0 Å². The van der Waals surface area contributed by atoms with Crippen molar-refractivity contribution in [2.75, 3.05) is 4.90 Å². The van der Waals surface area contributed by atoms with Gasteiger partial charge in [0.1, 0.15) is 0 Å². The lowest BCUT2D eigenvalue weighted by Gasteiger charge is -2.33. The van der Waals surface area contributed by atoms with Crippen molar-refractivity contribution in [3.05, 3.63) is 197 Å². The van der Waals surface area contributed by atoms with Gasteiger partial charge in [-0.05, 0) is 98.6 Å². The van der Waals surface area contributed by atoms with E-state index in [4.69, 9.17) is 0 Å². The van der Waals surface area contributed by atoms with Crippen LogP contribution in [0.4, 0.5) is 17.1 Å². The van der Waals surface area contributed by atoms with Crippen LogP contribution in [0.1, 0.15) is 22.3 Å². The van der Waals surface area contributed by atoms with Crippen LogP contribution in [0.2, 0.25) is 0 Å². The Balaban J connectivity index is 1.44. The highest BCUT2D eigenvalue weighted by Crippen LogP contribution is 2.64. The fourth-order valence-corrected chi connectivity index (χ4v) is 8.12. The Labute approximate surface area is 272 Å². The number of benzene rings is 7. The molecule has 1 atom stereocenters.